The van der Waals surface area contributed by atoms with Crippen LogP contribution in [0.25, 0.3) is 0 Å². The number of hydrogen-bond donors (Lipinski definition) is 1. The Labute approximate surface area is 122 Å². The molecule has 2 aromatic rings. The standard InChI is InChI=1S/C14H17ClFN3O/c1-8(2)14-19-18-13(20-14)7-17-9(3)11-5-4-10(16)6-12(11)15/h4-6,8-9,17H,7H2,1-3H3/t9-/m1/s1. The first-order valence-corrected chi connectivity index (χ1v) is 6.85. The van der Waals surface area contributed by atoms with E-state index in [1.54, 1.807) is 6.07 Å². The van der Waals surface area contributed by atoms with Crippen molar-refractivity contribution in [2.75, 3.05) is 0 Å². The molecule has 1 heterocycles. The summed E-state index contributed by atoms with van der Waals surface area (Å²) in [4.78, 5) is 0. The van der Waals surface area contributed by atoms with Crippen LogP contribution in [0, 0.1) is 5.82 Å². The highest BCUT2D eigenvalue weighted by Gasteiger charge is 2.13. The molecular weight excluding hydrogens is 281 g/mol. The molecule has 6 heteroatoms. The lowest BCUT2D eigenvalue weighted by Crippen LogP contribution is -2.18. The third-order valence-corrected chi connectivity index (χ3v) is 3.29. The molecule has 0 spiro atoms. The van der Waals surface area contributed by atoms with Gasteiger partial charge in [0.25, 0.3) is 0 Å². The lowest BCUT2D eigenvalue weighted by atomic mass is 10.1. The van der Waals surface area contributed by atoms with Crippen LogP contribution < -0.4 is 5.32 Å². The Morgan fingerprint density at radius 3 is 2.65 bits per heavy atom. The summed E-state index contributed by atoms with van der Waals surface area (Å²) >= 11 is 6.02. The maximum Gasteiger partial charge on any atom is 0.230 e. The van der Waals surface area contributed by atoms with Crippen molar-refractivity contribution in [2.24, 2.45) is 0 Å². The van der Waals surface area contributed by atoms with Crippen LogP contribution in [0.15, 0.2) is 22.6 Å². The predicted molar refractivity (Wildman–Crippen MR) is 75.1 cm³/mol. The van der Waals surface area contributed by atoms with Gasteiger partial charge >= 0.3 is 0 Å². The fraction of sp³-hybridized carbons (Fsp3) is 0.429. The number of halogens is 2. The molecule has 0 amide bonds. The van der Waals surface area contributed by atoms with Crippen LogP contribution in [0.5, 0.6) is 0 Å². The summed E-state index contributed by atoms with van der Waals surface area (Å²) in [6.07, 6.45) is 0. The summed E-state index contributed by atoms with van der Waals surface area (Å²) in [7, 11) is 0. The Morgan fingerprint density at radius 2 is 2.05 bits per heavy atom. The minimum absolute atomic E-state index is 0.0440. The third kappa shape index (κ3) is 3.55. The highest BCUT2D eigenvalue weighted by Crippen LogP contribution is 2.24. The van der Waals surface area contributed by atoms with Gasteiger partial charge in [0, 0.05) is 17.0 Å². The van der Waals surface area contributed by atoms with Gasteiger partial charge in [0.05, 0.1) is 6.54 Å². The van der Waals surface area contributed by atoms with Gasteiger partial charge in [-0.3, -0.25) is 0 Å². The minimum atomic E-state index is -0.343. The fourth-order valence-electron chi connectivity index (χ4n) is 1.77. The molecule has 4 nitrogen and oxygen atoms in total. The van der Waals surface area contributed by atoms with Crippen molar-refractivity contribution in [1.29, 1.82) is 0 Å². The summed E-state index contributed by atoms with van der Waals surface area (Å²) in [5, 5.41) is 11.6. The number of benzene rings is 1. The predicted octanol–water partition coefficient (Wildman–Crippen LogP) is 3.84. The van der Waals surface area contributed by atoms with E-state index >= 15 is 0 Å². The van der Waals surface area contributed by atoms with Crippen molar-refractivity contribution in [2.45, 2.75) is 39.3 Å². The van der Waals surface area contributed by atoms with Gasteiger partial charge in [0.2, 0.25) is 11.8 Å². The van der Waals surface area contributed by atoms with Gasteiger partial charge < -0.3 is 9.73 Å². The number of rotatable bonds is 5. The molecule has 0 bridgehead atoms. The minimum Gasteiger partial charge on any atom is -0.424 e. The first kappa shape index (κ1) is 14.9. The van der Waals surface area contributed by atoms with E-state index in [4.69, 9.17) is 16.0 Å². The van der Waals surface area contributed by atoms with E-state index in [0.717, 1.165) is 5.56 Å². The quantitative estimate of drug-likeness (QED) is 0.911. The van der Waals surface area contributed by atoms with Crippen LogP contribution in [0.3, 0.4) is 0 Å². The molecule has 0 unspecified atom stereocenters. The monoisotopic (exact) mass is 297 g/mol. The van der Waals surface area contributed by atoms with E-state index in [0.29, 0.717) is 23.3 Å². The van der Waals surface area contributed by atoms with E-state index in [1.807, 2.05) is 20.8 Å². The zero-order valence-corrected chi connectivity index (χ0v) is 12.4. The second-order valence-electron chi connectivity index (χ2n) is 4.96. The second-order valence-corrected chi connectivity index (χ2v) is 5.36. The molecule has 0 saturated carbocycles. The van der Waals surface area contributed by atoms with E-state index < -0.39 is 0 Å². The number of nitrogens with zero attached hydrogens (tertiary/aromatic N) is 2. The van der Waals surface area contributed by atoms with Gasteiger partial charge in [0.15, 0.2) is 0 Å². The topological polar surface area (TPSA) is 51.0 Å². The molecular formula is C14H17ClFN3O. The van der Waals surface area contributed by atoms with Gasteiger partial charge in [-0.25, -0.2) is 4.39 Å². The number of nitrogens with one attached hydrogen (secondary N) is 1. The molecule has 1 aromatic heterocycles. The zero-order valence-electron chi connectivity index (χ0n) is 11.7. The average Bonchev–Trinajstić information content (AvgIpc) is 2.85. The Hall–Kier alpha value is -1.46. The summed E-state index contributed by atoms with van der Waals surface area (Å²) in [5.41, 5.74) is 0.830. The summed E-state index contributed by atoms with van der Waals surface area (Å²) < 4.78 is 18.5. The molecule has 1 N–H and O–H groups in total. The first-order valence-electron chi connectivity index (χ1n) is 6.48. The summed E-state index contributed by atoms with van der Waals surface area (Å²) in [6.45, 7) is 6.37. The maximum absolute atomic E-state index is 13.0. The van der Waals surface area contributed by atoms with Crippen LogP contribution in [0.4, 0.5) is 4.39 Å². The van der Waals surface area contributed by atoms with Crippen LogP contribution in [0.1, 0.15) is 50.1 Å². The molecule has 2 rings (SSSR count). The molecule has 0 aliphatic carbocycles. The summed E-state index contributed by atoms with van der Waals surface area (Å²) in [5.74, 6) is 1.01. The van der Waals surface area contributed by atoms with Crippen molar-refractivity contribution in [3.63, 3.8) is 0 Å². The molecule has 0 fully saturated rings. The number of hydrogen-bond acceptors (Lipinski definition) is 4. The summed E-state index contributed by atoms with van der Waals surface area (Å²) in [6, 6.07) is 4.32. The van der Waals surface area contributed by atoms with Crippen LogP contribution >= 0.6 is 11.6 Å². The van der Waals surface area contributed by atoms with E-state index in [2.05, 4.69) is 15.5 Å². The van der Waals surface area contributed by atoms with E-state index in [1.165, 1.54) is 12.1 Å². The molecule has 0 aliphatic heterocycles. The zero-order chi connectivity index (χ0) is 14.7. The van der Waals surface area contributed by atoms with E-state index in [9.17, 15) is 4.39 Å². The van der Waals surface area contributed by atoms with Crippen molar-refractivity contribution in [3.05, 3.63) is 46.4 Å². The Kier molecular flexibility index (Phi) is 4.73. The van der Waals surface area contributed by atoms with Gasteiger partial charge in [-0.05, 0) is 24.6 Å². The Morgan fingerprint density at radius 1 is 1.30 bits per heavy atom. The van der Waals surface area contributed by atoms with Gasteiger partial charge in [0.1, 0.15) is 5.82 Å². The first-order chi connectivity index (χ1) is 9.47. The molecule has 0 saturated heterocycles. The highest BCUT2D eigenvalue weighted by molar-refractivity contribution is 6.31. The molecule has 20 heavy (non-hydrogen) atoms. The van der Waals surface area contributed by atoms with Crippen LogP contribution in [-0.2, 0) is 6.54 Å². The van der Waals surface area contributed by atoms with Gasteiger partial charge in [-0.15, -0.1) is 10.2 Å². The van der Waals surface area contributed by atoms with Crippen LogP contribution in [-0.4, -0.2) is 10.2 Å². The Balaban J connectivity index is 1.99. The van der Waals surface area contributed by atoms with Crippen molar-refractivity contribution < 1.29 is 8.81 Å². The normalized spacial score (nSPS) is 12.9. The SMILES string of the molecule is CC(C)c1nnc(CN[C@H](C)c2ccc(F)cc2Cl)o1. The fourth-order valence-corrected chi connectivity index (χ4v) is 2.11. The molecule has 108 valence electrons. The second kappa shape index (κ2) is 6.33. The largest absolute Gasteiger partial charge is 0.424 e. The van der Waals surface area contributed by atoms with Crippen molar-refractivity contribution >= 4 is 11.6 Å². The van der Waals surface area contributed by atoms with Crippen LogP contribution in [0.2, 0.25) is 5.02 Å². The molecule has 1 aromatic carbocycles. The smallest absolute Gasteiger partial charge is 0.230 e. The maximum atomic E-state index is 13.0. The van der Waals surface area contributed by atoms with E-state index in [-0.39, 0.29) is 17.8 Å². The molecule has 1 atom stereocenters. The Bertz CT molecular complexity index is 586. The van der Waals surface area contributed by atoms with Crippen molar-refractivity contribution in [1.82, 2.24) is 15.5 Å². The lowest BCUT2D eigenvalue weighted by molar-refractivity contribution is 0.407. The number of aromatic nitrogens is 2. The van der Waals surface area contributed by atoms with Gasteiger partial charge in [-0.1, -0.05) is 31.5 Å². The molecule has 0 radical (unpaired) electrons. The average molecular weight is 298 g/mol. The lowest BCUT2D eigenvalue weighted by Gasteiger charge is -2.14. The third-order valence-electron chi connectivity index (χ3n) is 2.96. The van der Waals surface area contributed by atoms with Crippen molar-refractivity contribution in [3.8, 4) is 0 Å². The van der Waals surface area contributed by atoms with Gasteiger partial charge in [-0.2, -0.15) is 0 Å². The highest BCUT2D eigenvalue weighted by atomic mass is 35.5. The molecule has 0 aliphatic rings.